The lowest BCUT2D eigenvalue weighted by molar-refractivity contribution is -0.237. The number of alkyl halides is 3. The van der Waals surface area contributed by atoms with Gasteiger partial charge in [-0.25, -0.2) is 13.7 Å². The van der Waals surface area contributed by atoms with Crippen molar-refractivity contribution >= 4 is 17.3 Å². The molecule has 0 saturated heterocycles. The maximum atomic E-state index is 14.7. The zero-order chi connectivity index (χ0) is 24.6. The third-order valence-electron chi connectivity index (χ3n) is 5.57. The molecule has 3 N–H and O–H groups in total. The van der Waals surface area contributed by atoms with E-state index in [1.807, 2.05) is 0 Å². The summed E-state index contributed by atoms with van der Waals surface area (Å²) in [6, 6.07) is 5.43. The van der Waals surface area contributed by atoms with Crippen LogP contribution in [0.3, 0.4) is 0 Å². The van der Waals surface area contributed by atoms with Crippen LogP contribution in [-0.4, -0.2) is 54.3 Å². The molecule has 3 heterocycles. The Morgan fingerprint density at radius 2 is 2.00 bits per heavy atom. The summed E-state index contributed by atoms with van der Waals surface area (Å²) in [5.41, 5.74) is 0.544. The van der Waals surface area contributed by atoms with E-state index in [4.69, 9.17) is 4.74 Å². The second-order valence-electron chi connectivity index (χ2n) is 7.72. The van der Waals surface area contributed by atoms with E-state index < -0.39 is 36.3 Å². The predicted octanol–water partition coefficient (Wildman–Crippen LogP) is 4.39. The molecule has 3 aromatic rings. The summed E-state index contributed by atoms with van der Waals surface area (Å²) >= 11 is 0. The summed E-state index contributed by atoms with van der Waals surface area (Å²) in [5.74, 6) is -2.91. The van der Waals surface area contributed by atoms with Gasteiger partial charge in [-0.2, -0.15) is 13.2 Å². The van der Waals surface area contributed by atoms with Gasteiger partial charge in [-0.3, -0.25) is 9.78 Å². The minimum atomic E-state index is -4.58. The summed E-state index contributed by atoms with van der Waals surface area (Å²) in [6.07, 6.45) is -2.28. The maximum absolute atomic E-state index is 14.7. The van der Waals surface area contributed by atoms with Crippen molar-refractivity contribution in [1.29, 1.82) is 0 Å². The average molecular weight is 481 g/mol. The standard InChI is InChI=1S/C22H20F5N5O2/c1-32(22(25,26)27)10-11-8-29-21(33)16-17(11)31-18(12-6-7-28-9-14(12)24)19(16)30-15-5-3-4-13(23)20(15)34-2/h3-7,9,11,30-31H,8,10H2,1-2H3,(H,29,33)/t11-/m1/s1. The van der Waals surface area contributed by atoms with Crippen LogP contribution in [0.5, 0.6) is 5.75 Å². The van der Waals surface area contributed by atoms with Gasteiger partial charge in [-0.05, 0) is 25.2 Å². The molecule has 34 heavy (non-hydrogen) atoms. The number of nitrogens with zero attached hydrogens (tertiary/aromatic N) is 2. The molecule has 12 heteroatoms. The Morgan fingerprint density at radius 1 is 1.24 bits per heavy atom. The molecule has 4 rings (SSSR count). The van der Waals surface area contributed by atoms with E-state index in [1.165, 1.54) is 37.6 Å². The lowest BCUT2D eigenvalue weighted by atomic mass is 9.95. The van der Waals surface area contributed by atoms with Crippen molar-refractivity contribution < 1.29 is 31.5 Å². The first-order valence-corrected chi connectivity index (χ1v) is 10.1. The van der Waals surface area contributed by atoms with Gasteiger partial charge in [-0.1, -0.05) is 6.07 Å². The SMILES string of the molecule is COc1c(F)cccc1Nc1c(-c2ccncc2F)[nH]c2c1C(=O)NC[C@@H]2CN(C)C(F)(F)F. The molecule has 7 nitrogen and oxygen atoms in total. The smallest absolute Gasteiger partial charge is 0.459 e. The van der Waals surface area contributed by atoms with Crippen LogP contribution in [-0.2, 0) is 0 Å². The highest BCUT2D eigenvalue weighted by molar-refractivity contribution is 6.06. The Morgan fingerprint density at radius 3 is 2.68 bits per heavy atom. The lowest BCUT2D eigenvalue weighted by Crippen LogP contribution is -2.43. The number of aromatic nitrogens is 2. The van der Waals surface area contributed by atoms with Gasteiger partial charge in [0.05, 0.1) is 35.9 Å². The number of halogens is 5. The number of para-hydroxylation sites is 1. The number of carbonyl (C=O) groups excluding carboxylic acids is 1. The molecule has 0 spiro atoms. The van der Waals surface area contributed by atoms with E-state index in [9.17, 15) is 26.7 Å². The molecule has 180 valence electrons. The molecule has 1 aliphatic rings. The Balaban J connectivity index is 1.89. The third-order valence-corrected chi connectivity index (χ3v) is 5.57. The van der Waals surface area contributed by atoms with Crippen LogP contribution in [0, 0.1) is 11.6 Å². The van der Waals surface area contributed by atoms with E-state index in [-0.39, 0.29) is 51.1 Å². The molecule has 1 atom stereocenters. The van der Waals surface area contributed by atoms with E-state index in [0.717, 1.165) is 13.2 Å². The largest absolute Gasteiger partial charge is 0.492 e. The number of nitrogens with one attached hydrogen (secondary N) is 3. The first-order chi connectivity index (χ1) is 16.1. The molecule has 0 bridgehead atoms. The van der Waals surface area contributed by atoms with Crippen LogP contribution in [0.2, 0.25) is 0 Å². The number of H-pyrrole nitrogens is 1. The number of methoxy groups -OCH3 is 1. The number of likely N-dealkylation sites (N-methyl/N-ethyl adjacent to an activating group) is 1. The van der Waals surface area contributed by atoms with E-state index in [0.29, 0.717) is 0 Å². The number of anilines is 2. The van der Waals surface area contributed by atoms with Gasteiger partial charge in [-0.15, -0.1) is 0 Å². The van der Waals surface area contributed by atoms with E-state index in [1.54, 1.807) is 0 Å². The molecule has 0 unspecified atom stereocenters. The Kier molecular flexibility index (Phi) is 6.17. The monoisotopic (exact) mass is 481 g/mol. The summed E-state index contributed by atoms with van der Waals surface area (Å²) in [5, 5.41) is 5.51. The van der Waals surface area contributed by atoms with Crippen molar-refractivity contribution in [1.82, 2.24) is 20.2 Å². The van der Waals surface area contributed by atoms with Crippen molar-refractivity contribution in [3.05, 3.63) is 59.6 Å². The fourth-order valence-corrected chi connectivity index (χ4v) is 3.91. The fourth-order valence-electron chi connectivity index (χ4n) is 3.91. The van der Waals surface area contributed by atoms with Crippen molar-refractivity contribution in [2.75, 3.05) is 32.6 Å². The first kappa shape index (κ1) is 23.5. The second-order valence-corrected chi connectivity index (χ2v) is 7.72. The number of aromatic amines is 1. The maximum Gasteiger partial charge on any atom is 0.459 e. The van der Waals surface area contributed by atoms with Crippen LogP contribution in [0.1, 0.15) is 22.0 Å². The van der Waals surface area contributed by atoms with Gasteiger partial charge in [0, 0.05) is 36.5 Å². The zero-order valence-electron chi connectivity index (χ0n) is 18.1. The van der Waals surface area contributed by atoms with Crippen LogP contribution < -0.4 is 15.4 Å². The number of hydrogen-bond acceptors (Lipinski definition) is 5. The minimum absolute atomic E-state index is 0.00403. The first-order valence-electron chi connectivity index (χ1n) is 10.1. The average Bonchev–Trinajstić information content (AvgIpc) is 3.15. The zero-order valence-corrected chi connectivity index (χ0v) is 18.1. The molecule has 0 aliphatic carbocycles. The molecule has 0 radical (unpaired) electrons. The second kappa shape index (κ2) is 8.93. The van der Waals surface area contributed by atoms with Crippen molar-refractivity contribution in [2.45, 2.75) is 12.2 Å². The molecule has 1 aliphatic heterocycles. The summed E-state index contributed by atoms with van der Waals surface area (Å²) in [7, 11) is 2.16. The highest BCUT2D eigenvalue weighted by Gasteiger charge is 2.39. The van der Waals surface area contributed by atoms with Gasteiger partial charge >= 0.3 is 6.30 Å². The highest BCUT2D eigenvalue weighted by Crippen LogP contribution is 2.42. The minimum Gasteiger partial charge on any atom is -0.492 e. The summed E-state index contributed by atoms with van der Waals surface area (Å²) < 4.78 is 73.6. The van der Waals surface area contributed by atoms with Crippen molar-refractivity contribution in [3.8, 4) is 17.0 Å². The molecule has 1 amide bonds. The molecule has 0 saturated carbocycles. The highest BCUT2D eigenvalue weighted by atomic mass is 19.4. The normalized spacial score (nSPS) is 15.8. The number of amides is 1. The van der Waals surface area contributed by atoms with Crippen LogP contribution >= 0.6 is 0 Å². The number of rotatable bonds is 6. The Labute approximate surface area is 190 Å². The number of ether oxygens (including phenoxy) is 1. The van der Waals surface area contributed by atoms with Crippen LogP contribution in [0.25, 0.3) is 11.3 Å². The Bertz CT molecular complexity index is 1230. The van der Waals surface area contributed by atoms with Gasteiger partial charge in [0.25, 0.3) is 5.91 Å². The van der Waals surface area contributed by atoms with Crippen molar-refractivity contribution in [2.24, 2.45) is 0 Å². The summed E-state index contributed by atoms with van der Waals surface area (Å²) in [4.78, 5) is 19.7. The van der Waals surface area contributed by atoms with E-state index >= 15 is 0 Å². The van der Waals surface area contributed by atoms with Gasteiger partial charge in [0.2, 0.25) is 0 Å². The fraction of sp³-hybridized carbons (Fsp3) is 0.273. The number of pyridine rings is 1. The third kappa shape index (κ3) is 4.28. The number of benzene rings is 1. The molecule has 1 aromatic carbocycles. The quantitative estimate of drug-likeness (QED) is 0.360. The lowest BCUT2D eigenvalue weighted by Gasteiger charge is -2.28. The van der Waals surface area contributed by atoms with Gasteiger partial charge in [0.1, 0.15) is 0 Å². The van der Waals surface area contributed by atoms with E-state index in [2.05, 4.69) is 20.6 Å². The van der Waals surface area contributed by atoms with Gasteiger partial charge < -0.3 is 20.4 Å². The van der Waals surface area contributed by atoms with Crippen LogP contribution in [0.15, 0.2) is 36.7 Å². The van der Waals surface area contributed by atoms with Gasteiger partial charge in [0.15, 0.2) is 17.4 Å². The number of carbonyl (C=O) groups is 1. The van der Waals surface area contributed by atoms with Crippen molar-refractivity contribution in [3.63, 3.8) is 0 Å². The number of hydrogen-bond donors (Lipinski definition) is 3. The Hall–Kier alpha value is -3.67. The molecular weight excluding hydrogens is 461 g/mol. The molecule has 0 fully saturated rings. The summed E-state index contributed by atoms with van der Waals surface area (Å²) in [6.45, 7) is -0.522. The number of fused-ring (bicyclic) bond motifs is 1. The molecule has 2 aromatic heterocycles. The topological polar surface area (TPSA) is 82.3 Å². The molecular formula is C22H20F5N5O2. The predicted molar refractivity (Wildman–Crippen MR) is 114 cm³/mol. The van der Waals surface area contributed by atoms with Crippen LogP contribution in [0.4, 0.5) is 33.3 Å².